The number of piperazine rings is 1. The van der Waals surface area contributed by atoms with Crippen LogP contribution >= 0.6 is 0 Å². The molecule has 2 rings (SSSR count). The summed E-state index contributed by atoms with van der Waals surface area (Å²) in [6.45, 7) is 1.99. The van der Waals surface area contributed by atoms with Crippen molar-refractivity contribution >= 4 is 18.0 Å². The van der Waals surface area contributed by atoms with Crippen molar-refractivity contribution in [1.82, 2.24) is 20.3 Å². The SMILES string of the molecule is N#Cc1cnc(N2CCN(C(=C=O)CONC(=O)O)CC2)nc1. The van der Waals surface area contributed by atoms with Crippen molar-refractivity contribution in [3.8, 4) is 6.07 Å². The largest absolute Gasteiger partial charge is 0.464 e. The fraction of sp³-hybridized carbons (Fsp3) is 0.385. The number of carbonyl (C=O) groups excluding carboxylic acids is 1. The predicted octanol–water partition coefficient (Wildman–Crippen LogP) is -0.615. The Balaban J connectivity index is 1.88. The number of nitrogens with zero attached hydrogens (tertiary/aromatic N) is 5. The van der Waals surface area contributed by atoms with E-state index in [1.54, 1.807) is 16.3 Å². The zero-order chi connectivity index (χ0) is 16.7. The Labute approximate surface area is 131 Å². The second-order valence-corrected chi connectivity index (χ2v) is 4.60. The van der Waals surface area contributed by atoms with Crippen LogP contribution in [0.15, 0.2) is 18.1 Å². The lowest BCUT2D eigenvalue weighted by molar-refractivity contribution is 0.0460. The Kier molecular flexibility index (Phi) is 5.46. The van der Waals surface area contributed by atoms with Crippen molar-refractivity contribution in [3.05, 3.63) is 23.7 Å². The Morgan fingerprint density at radius 2 is 2.00 bits per heavy atom. The van der Waals surface area contributed by atoms with Gasteiger partial charge in [0, 0.05) is 26.2 Å². The minimum atomic E-state index is -1.34. The monoisotopic (exact) mass is 318 g/mol. The molecule has 10 heteroatoms. The van der Waals surface area contributed by atoms with Crippen molar-refractivity contribution in [2.75, 3.05) is 37.7 Å². The van der Waals surface area contributed by atoms with Crippen molar-refractivity contribution in [1.29, 1.82) is 5.26 Å². The molecule has 10 nitrogen and oxygen atoms in total. The number of carboxylic acid groups (broad SMARTS) is 1. The molecule has 1 fully saturated rings. The van der Waals surface area contributed by atoms with Gasteiger partial charge in [0.25, 0.3) is 0 Å². The zero-order valence-electron chi connectivity index (χ0n) is 12.1. The third-order valence-electron chi connectivity index (χ3n) is 3.20. The van der Waals surface area contributed by atoms with Gasteiger partial charge < -0.3 is 14.9 Å². The van der Waals surface area contributed by atoms with E-state index < -0.39 is 6.09 Å². The van der Waals surface area contributed by atoms with Crippen molar-refractivity contribution < 1.29 is 19.5 Å². The molecular weight excluding hydrogens is 304 g/mol. The van der Waals surface area contributed by atoms with Crippen LogP contribution in [0.1, 0.15) is 5.56 Å². The predicted molar refractivity (Wildman–Crippen MR) is 76.9 cm³/mol. The minimum absolute atomic E-state index is 0.191. The van der Waals surface area contributed by atoms with Gasteiger partial charge >= 0.3 is 6.09 Å². The standard InChI is InChI=1S/C13H14N6O4/c14-5-10-6-15-12(16-7-10)19-3-1-18(2-4-19)11(8-20)9-23-17-13(21)22/h6-7,17H,1-4,9H2,(H,21,22). The van der Waals surface area contributed by atoms with E-state index in [-0.39, 0.29) is 12.3 Å². The summed E-state index contributed by atoms with van der Waals surface area (Å²) in [6, 6.07) is 1.95. The van der Waals surface area contributed by atoms with E-state index >= 15 is 0 Å². The van der Waals surface area contributed by atoms with Crippen LogP contribution in [0.5, 0.6) is 0 Å². The number of hydrogen-bond donors (Lipinski definition) is 2. The van der Waals surface area contributed by atoms with Gasteiger partial charge in [0.2, 0.25) is 5.95 Å². The van der Waals surface area contributed by atoms with Gasteiger partial charge in [-0.25, -0.2) is 19.6 Å². The molecule has 0 radical (unpaired) electrons. The highest BCUT2D eigenvalue weighted by Crippen LogP contribution is 2.13. The minimum Gasteiger partial charge on any atom is -0.464 e. The first-order valence-electron chi connectivity index (χ1n) is 6.70. The van der Waals surface area contributed by atoms with Crippen LogP contribution in [0.25, 0.3) is 0 Å². The molecule has 1 aromatic rings. The normalized spacial score (nSPS) is 13.9. The van der Waals surface area contributed by atoms with Crippen LogP contribution in [0.2, 0.25) is 0 Å². The zero-order valence-corrected chi connectivity index (χ0v) is 12.1. The lowest BCUT2D eigenvalue weighted by Gasteiger charge is -2.35. The maximum atomic E-state index is 11.0. The van der Waals surface area contributed by atoms with E-state index in [0.717, 1.165) is 0 Å². The van der Waals surface area contributed by atoms with Gasteiger partial charge in [-0.3, -0.25) is 4.84 Å². The molecule has 0 spiro atoms. The molecule has 1 aliphatic heterocycles. The Morgan fingerprint density at radius 3 is 2.52 bits per heavy atom. The van der Waals surface area contributed by atoms with Gasteiger partial charge in [-0.05, 0) is 0 Å². The molecule has 0 atom stereocenters. The summed E-state index contributed by atoms with van der Waals surface area (Å²) in [4.78, 5) is 37.9. The topological polar surface area (TPSA) is 132 Å². The molecule has 0 aliphatic carbocycles. The Bertz CT molecular complexity index is 641. The van der Waals surface area contributed by atoms with Crippen LogP contribution in [-0.2, 0) is 9.63 Å². The Morgan fingerprint density at radius 1 is 1.35 bits per heavy atom. The van der Waals surface area contributed by atoms with Gasteiger partial charge in [0.05, 0.1) is 18.0 Å². The molecular formula is C13H14N6O4. The van der Waals surface area contributed by atoms with E-state index in [0.29, 0.717) is 37.7 Å². The number of hydroxylamine groups is 1. The third-order valence-corrected chi connectivity index (χ3v) is 3.20. The number of aromatic nitrogens is 2. The summed E-state index contributed by atoms with van der Waals surface area (Å²) in [5.74, 6) is 2.28. The lowest BCUT2D eigenvalue weighted by atomic mass is 10.3. The highest BCUT2D eigenvalue weighted by molar-refractivity contribution is 5.63. The first kappa shape index (κ1) is 16.2. The van der Waals surface area contributed by atoms with Crippen LogP contribution in [0.3, 0.4) is 0 Å². The summed E-state index contributed by atoms with van der Waals surface area (Å²) < 4.78 is 0. The number of rotatable bonds is 5. The van der Waals surface area contributed by atoms with E-state index in [1.807, 2.05) is 11.0 Å². The number of nitrogens with one attached hydrogen (secondary N) is 1. The second kappa shape index (κ2) is 7.74. The summed E-state index contributed by atoms with van der Waals surface area (Å²) >= 11 is 0. The average molecular weight is 318 g/mol. The fourth-order valence-electron chi connectivity index (χ4n) is 2.07. The molecule has 120 valence electrons. The molecule has 1 aromatic heterocycles. The second-order valence-electron chi connectivity index (χ2n) is 4.60. The quantitative estimate of drug-likeness (QED) is 0.538. The lowest BCUT2D eigenvalue weighted by Crippen LogP contribution is -2.47. The molecule has 1 aliphatic rings. The molecule has 0 aromatic carbocycles. The highest BCUT2D eigenvalue weighted by atomic mass is 16.7. The van der Waals surface area contributed by atoms with Crippen LogP contribution in [0, 0.1) is 11.3 Å². The van der Waals surface area contributed by atoms with E-state index in [1.165, 1.54) is 12.4 Å². The first-order valence-corrected chi connectivity index (χ1v) is 6.70. The number of amides is 1. The van der Waals surface area contributed by atoms with Crippen LogP contribution < -0.4 is 10.4 Å². The van der Waals surface area contributed by atoms with Crippen molar-refractivity contribution in [2.45, 2.75) is 0 Å². The summed E-state index contributed by atoms with van der Waals surface area (Å²) in [5.41, 5.74) is 2.35. The number of carbonyl (C=O) groups is 1. The fourth-order valence-corrected chi connectivity index (χ4v) is 2.07. The van der Waals surface area contributed by atoms with Gasteiger partial charge in [-0.15, -0.1) is 0 Å². The van der Waals surface area contributed by atoms with Gasteiger partial charge in [-0.1, -0.05) is 0 Å². The molecule has 0 unspecified atom stereocenters. The number of anilines is 1. The maximum absolute atomic E-state index is 11.0. The van der Waals surface area contributed by atoms with Crippen LogP contribution in [-0.4, -0.2) is 64.8 Å². The van der Waals surface area contributed by atoms with Crippen LogP contribution in [0.4, 0.5) is 10.7 Å². The third kappa shape index (κ3) is 4.41. The number of hydrogen-bond acceptors (Lipinski definition) is 8. The Hall–Kier alpha value is -3.15. The summed E-state index contributed by atoms with van der Waals surface area (Å²) in [5, 5.41) is 17.1. The molecule has 2 N–H and O–H groups in total. The van der Waals surface area contributed by atoms with E-state index in [9.17, 15) is 9.59 Å². The number of nitriles is 1. The average Bonchev–Trinajstić information content (AvgIpc) is 2.59. The summed E-state index contributed by atoms with van der Waals surface area (Å²) in [7, 11) is 0. The summed E-state index contributed by atoms with van der Waals surface area (Å²) in [6.07, 6.45) is 1.58. The van der Waals surface area contributed by atoms with E-state index in [4.69, 9.17) is 10.4 Å². The highest BCUT2D eigenvalue weighted by Gasteiger charge is 2.21. The smallest absolute Gasteiger partial charge is 0.428 e. The van der Waals surface area contributed by atoms with Crippen molar-refractivity contribution in [2.24, 2.45) is 0 Å². The van der Waals surface area contributed by atoms with E-state index in [2.05, 4.69) is 14.8 Å². The molecule has 2 heterocycles. The molecule has 1 saturated heterocycles. The van der Waals surface area contributed by atoms with Gasteiger partial charge in [-0.2, -0.15) is 10.7 Å². The van der Waals surface area contributed by atoms with Crippen molar-refractivity contribution in [3.63, 3.8) is 0 Å². The van der Waals surface area contributed by atoms with Gasteiger partial charge in [0.1, 0.15) is 24.3 Å². The molecule has 23 heavy (non-hydrogen) atoms. The molecule has 0 bridgehead atoms. The first-order chi connectivity index (χ1) is 11.1. The molecule has 1 amide bonds. The maximum Gasteiger partial charge on any atom is 0.428 e. The molecule has 0 saturated carbocycles. The van der Waals surface area contributed by atoms with Gasteiger partial charge in [0.15, 0.2) is 0 Å².